The van der Waals surface area contributed by atoms with Crippen molar-refractivity contribution >= 4 is 28.8 Å². The molecule has 3 aromatic carbocycles. The van der Waals surface area contributed by atoms with Crippen LogP contribution in [0, 0.1) is 0 Å². The molecule has 33 heavy (non-hydrogen) atoms. The molecule has 0 fully saturated rings. The van der Waals surface area contributed by atoms with E-state index in [-0.39, 0.29) is 11.9 Å². The third-order valence-electron chi connectivity index (χ3n) is 6.01. The molecule has 0 bridgehead atoms. The lowest BCUT2D eigenvalue weighted by Gasteiger charge is -2.38. The summed E-state index contributed by atoms with van der Waals surface area (Å²) in [6.45, 7) is 3.27. The second kappa shape index (κ2) is 9.42. The predicted octanol–water partition coefficient (Wildman–Crippen LogP) is 7.26. The molecule has 1 unspecified atom stereocenters. The number of hydrogen-bond donors (Lipinski definition) is 0. The second-order valence-electron chi connectivity index (χ2n) is 7.99. The zero-order valence-corrected chi connectivity index (χ0v) is 19.9. The lowest BCUT2D eigenvalue weighted by Crippen LogP contribution is -2.40. The molecular weight excluding hydrogens is 450 g/mol. The fourth-order valence-corrected chi connectivity index (χ4v) is 5.66. The van der Waals surface area contributed by atoms with Crippen molar-refractivity contribution < 1.29 is 9.53 Å². The summed E-state index contributed by atoms with van der Waals surface area (Å²) in [5.74, 6) is 0.889. The number of carbonyl (C=O) groups excluding carboxylic acids is 1. The van der Waals surface area contributed by atoms with Gasteiger partial charge in [0.2, 0.25) is 0 Å². The summed E-state index contributed by atoms with van der Waals surface area (Å²) >= 11 is 8.14. The van der Waals surface area contributed by atoms with Gasteiger partial charge in [0.1, 0.15) is 5.75 Å². The van der Waals surface area contributed by atoms with E-state index in [1.54, 1.807) is 0 Å². The second-order valence-corrected chi connectivity index (χ2v) is 9.48. The van der Waals surface area contributed by atoms with Gasteiger partial charge < -0.3 is 9.64 Å². The molecule has 2 heterocycles. The van der Waals surface area contributed by atoms with Crippen LogP contribution in [0.1, 0.15) is 39.3 Å². The van der Waals surface area contributed by atoms with Crippen LogP contribution < -0.4 is 4.74 Å². The maximum Gasteiger partial charge on any atom is 0.264 e. The summed E-state index contributed by atoms with van der Waals surface area (Å²) in [7, 11) is 0. The Morgan fingerprint density at radius 3 is 2.45 bits per heavy atom. The average Bonchev–Trinajstić information content (AvgIpc) is 3.34. The zero-order valence-electron chi connectivity index (χ0n) is 18.3. The minimum Gasteiger partial charge on any atom is -0.494 e. The normalized spacial score (nSPS) is 15.2. The first-order valence-corrected chi connectivity index (χ1v) is 12.3. The van der Waals surface area contributed by atoms with Crippen LogP contribution in [-0.4, -0.2) is 24.0 Å². The van der Waals surface area contributed by atoms with E-state index in [9.17, 15) is 4.79 Å². The van der Waals surface area contributed by atoms with Crippen LogP contribution in [0.5, 0.6) is 5.75 Å². The molecule has 1 aliphatic heterocycles. The van der Waals surface area contributed by atoms with Crippen molar-refractivity contribution in [1.82, 2.24) is 4.90 Å². The third kappa shape index (κ3) is 4.29. The fraction of sp³-hybridized carbons (Fsp3) is 0.179. The maximum atomic E-state index is 13.8. The summed E-state index contributed by atoms with van der Waals surface area (Å²) in [5.41, 5.74) is 4.46. The number of ether oxygens (including phenoxy) is 1. The smallest absolute Gasteiger partial charge is 0.264 e. The zero-order chi connectivity index (χ0) is 22.8. The average molecular weight is 474 g/mol. The van der Waals surface area contributed by atoms with Gasteiger partial charge in [-0.15, -0.1) is 11.3 Å². The largest absolute Gasteiger partial charge is 0.494 e. The van der Waals surface area contributed by atoms with Gasteiger partial charge in [-0.25, -0.2) is 0 Å². The molecule has 0 N–H and O–H groups in total. The van der Waals surface area contributed by atoms with Crippen molar-refractivity contribution in [3.63, 3.8) is 0 Å². The summed E-state index contributed by atoms with van der Waals surface area (Å²) < 4.78 is 5.54. The number of fused-ring (bicyclic) bond motifs is 1. The lowest BCUT2D eigenvalue weighted by atomic mass is 9.88. The van der Waals surface area contributed by atoms with Crippen LogP contribution in [0.2, 0.25) is 5.02 Å². The molecule has 1 atom stereocenters. The number of rotatable bonds is 5. The highest BCUT2D eigenvalue weighted by atomic mass is 35.5. The monoisotopic (exact) mass is 473 g/mol. The van der Waals surface area contributed by atoms with Crippen LogP contribution >= 0.6 is 22.9 Å². The number of halogens is 1. The minimum absolute atomic E-state index is 0.0385. The van der Waals surface area contributed by atoms with E-state index < -0.39 is 0 Å². The molecule has 0 saturated heterocycles. The summed E-state index contributed by atoms with van der Waals surface area (Å²) in [6, 6.07) is 27.9. The van der Waals surface area contributed by atoms with E-state index in [0.29, 0.717) is 18.2 Å². The molecule has 4 aromatic rings. The molecule has 0 saturated carbocycles. The van der Waals surface area contributed by atoms with Gasteiger partial charge in [0.15, 0.2) is 0 Å². The number of carbonyl (C=O) groups is 1. The molecule has 3 nitrogen and oxygen atoms in total. The Hall–Kier alpha value is -3.08. The van der Waals surface area contributed by atoms with Gasteiger partial charge >= 0.3 is 0 Å². The Balaban J connectivity index is 1.48. The van der Waals surface area contributed by atoms with Crippen molar-refractivity contribution in [2.45, 2.75) is 19.4 Å². The van der Waals surface area contributed by atoms with Crippen LogP contribution in [0.25, 0.3) is 10.4 Å². The minimum atomic E-state index is -0.202. The molecule has 1 aromatic heterocycles. The van der Waals surface area contributed by atoms with Crippen molar-refractivity contribution in [2.75, 3.05) is 13.2 Å². The Morgan fingerprint density at radius 1 is 0.970 bits per heavy atom. The van der Waals surface area contributed by atoms with E-state index in [2.05, 4.69) is 18.2 Å². The van der Waals surface area contributed by atoms with Crippen molar-refractivity contribution in [2.24, 2.45) is 0 Å². The standard InChI is InChI=1S/C28H24ClNO2S/c1-2-32-21-13-11-20(12-14-21)25-15-16-26(33-25)28(31)30-18-17-19-7-3-4-8-22(19)27(30)23-9-5-6-10-24(23)29/h3-16,27H,2,17-18H2,1H3. The summed E-state index contributed by atoms with van der Waals surface area (Å²) in [6.07, 6.45) is 0.833. The molecule has 0 radical (unpaired) electrons. The molecular formula is C28H24ClNO2S. The molecule has 1 amide bonds. The lowest BCUT2D eigenvalue weighted by molar-refractivity contribution is 0.0699. The highest BCUT2D eigenvalue weighted by Gasteiger charge is 2.34. The Labute approximate surface area is 203 Å². The van der Waals surface area contributed by atoms with E-state index in [1.807, 2.05) is 78.6 Å². The van der Waals surface area contributed by atoms with Crippen molar-refractivity contribution in [1.29, 1.82) is 0 Å². The molecule has 1 aliphatic rings. The number of nitrogens with zero attached hydrogens (tertiary/aromatic N) is 1. The summed E-state index contributed by atoms with van der Waals surface area (Å²) in [4.78, 5) is 17.5. The first kappa shape index (κ1) is 21.7. The van der Waals surface area contributed by atoms with Gasteiger partial charge in [0.05, 0.1) is 17.5 Å². The first-order valence-electron chi connectivity index (χ1n) is 11.1. The Kier molecular flexibility index (Phi) is 6.21. The van der Waals surface area contributed by atoms with Crippen molar-refractivity contribution in [3.05, 3.63) is 112 Å². The van der Waals surface area contributed by atoms with Gasteiger partial charge in [-0.3, -0.25) is 4.79 Å². The highest BCUT2D eigenvalue weighted by molar-refractivity contribution is 7.17. The van der Waals surface area contributed by atoms with Crippen LogP contribution in [0.3, 0.4) is 0 Å². The first-order chi connectivity index (χ1) is 16.2. The van der Waals surface area contributed by atoms with Gasteiger partial charge in [0.25, 0.3) is 5.91 Å². The van der Waals surface area contributed by atoms with Gasteiger partial charge in [0, 0.05) is 16.4 Å². The number of benzene rings is 3. The van der Waals surface area contributed by atoms with E-state index >= 15 is 0 Å². The van der Waals surface area contributed by atoms with Gasteiger partial charge in [-0.05, 0) is 78.1 Å². The Bertz CT molecular complexity index is 1280. The van der Waals surface area contributed by atoms with Gasteiger partial charge in [-0.1, -0.05) is 54.1 Å². The van der Waals surface area contributed by atoms with E-state index in [4.69, 9.17) is 16.3 Å². The molecule has 0 spiro atoms. The topological polar surface area (TPSA) is 29.5 Å². The quantitative estimate of drug-likeness (QED) is 0.305. The summed E-state index contributed by atoms with van der Waals surface area (Å²) in [5, 5.41) is 0.679. The van der Waals surface area contributed by atoms with E-state index in [0.717, 1.165) is 38.6 Å². The molecule has 0 aliphatic carbocycles. The van der Waals surface area contributed by atoms with Crippen LogP contribution in [0.15, 0.2) is 84.9 Å². The number of amides is 1. The SMILES string of the molecule is CCOc1ccc(-c2ccc(C(=O)N3CCc4ccccc4C3c3ccccc3Cl)s2)cc1. The van der Waals surface area contributed by atoms with Crippen molar-refractivity contribution in [3.8, 4) is 16.2 Å². The highest BCUT2D eigenvalue weighted by Crippen LogP contribution is 2.40. The van der Waals surface area contributed by atoms with Crippen LogP contribution in [0.4, 0.5) is 0 Å². The molecule has 5 heteroatoms. The molecule has 166 valence electrons. The van der Waals surface area contributed by atoms with Crippen LogP contribution in [-0.2, 0) is 6.42 Å². The fourth-order valence-electron chi connectivity index (χ4n) is 4.45. The maximum absolute atomic E-state index is 13.8. The number of hydrogen-bond acceptors (Lipinski definition) is 3. The number of thiophene rings is 1. The molecule has 5 rings (SSSR count). The predicted molar refractivity (Wildman–Crippen MR) is 135 cm³/mol. The Morgan fingerprint density at radius 2 is 1.70 bits per heavy atom. The van der Waals surface area contributed by atoms with Gasteiger partial charge in [-0.2, -0.15) is 0 Å². The third-order valence-corrected chi connectivity index (χ3v) is 7.48. The van der Waals surface area contributed by atoms with E-state index in [1.165, 1.54) is 16.9 Å².